The summed E-state index contributed by atoms with van der Waals surface area (Å²) in [6, 6.07) is 8.51. The number of rotatable bonds is 6. The Kier molecular flexibility index (Phi) is 5.46. The van der Waals surface area contributed by atoms with Crippen LogP contribution in [-0.4, -0.2) is 25.7 Å². The summed E-state index contributed by atoms with van der Waals surface area (Å²) in [6.45, 7) is 6.42. The smallest absolute Gasteiger partial charge is 0.0249 e. The van der Waals surface area contributed by atoms with Gasteiger partial charge < -0.3 is 10.6 Å². The highest BCUT2D eigenvalue weighted by Gasteiger charge is 2.14. The highest BCUT2D eigenvalue weighted by Crippen LogP contribution is 2.10. The first-order valence-corrected chi connectivity index (χ1v) is 6.47. The van der Waals surface area contributed by atoms with Crippen molar-refractivity contribution < 1.29 is 0 Å². The first-order valence-electron chi connectivity index (χ1n) is 5.67. The van der Waals surface area contributed by atoms with Gasteiger partial charge in [-0.3, -0.25) is 0 Å². The molecule has 90 valence electrons. The predicted octanol–water partition coefficient (Wildman–Crippen LogP) is 2.58. The van der Waals surface area contributed by atoms with Crippen LogP contribution in [0.4, 0.5) is 0 Å². The molecule has 0 saturated heterocycles. The fourth-order valence-electron chi connectivity index (χ4n) is 1.70. The topological polar surface area (TPSA) is 24.1 Å². The van der Waals surface area contributed by atoms with Gasteiger partial charge in [-0.1, -0.05) is 28.1 Å². The lowest BCUT2D eigenvalue weighted by Gasteiger charge is -2.26. The average molecular weight is 285 g/mol. The van der Waals surface area contributed by atoms with Gasteiger partial charge in [-0.05, 0) is 51.6 Å². The molecule has 0 aliphatic rings. The minimum atomic E-state index is 0.157. The molecule has 1 aromatic rings. The van der Waals surface area contributed by atoms with E-state index in [1.54, 1.807) is 0 Å². The largest absolute Gasteiger partial charge is 0.318 e. The maximum absolute atomic E-state index is 3.55. The zero-order valence-electron chi connectivity index (χ0n) is 10.3. The van der Waals surface area contributed by atoms with Crippen LogP contribution in [0.3, 0.4) is 0 Å². The normalized spacial score (nSPS) is 11.8. The lowest BCUT2D eigenvalue weighted by Crippen LogP contribution is -2.47. The summed E-state index contributed by atoms with van der Waals surface area (Å²) in [5, 5.41) is 6.74. The molecule has 0 aliphatic heterocycles. The summed E-state index contributed by atoms with van der Waals surface area (Å²) in [5.74, 6) is 0. The molecule has 0 heterocycles. The van der Waals surface area contributed by atoms with Crippen LogP contribution in [0, 0.1) is 0 Å². The number of halogens is 1. The average Bonchev–Trinajstić information content (AvgIpc) is 2.20. The summed E-state index contributed by atoms with van der Waals surface area (Å²) in [7, 11) is 1.98. The molecule has 0 atom stereocenters. The molecule has 16 heavy (non-hydrogen) atoms. The Morgan fingerprint density at radius 3 is 2.38 bits per heavy atom. The first-order chi connectivity index (χ1) is 7.53. The molecule has 1 rings (SSSR count). The molecule has 0 saturated carbocycles. The highest BCUT2D eigenvalue weighted by atomic mass is 79.9. The van der Waals surface area contributed by atoms with E-state index in [9.17, 15) is 0 Å². The highest BCUT2D eigenvalue weighted by molar-refractivity contribution is 9.10. The van der Waals surface area contributed by atoms with Crippen molar-refractivity contribution in [2.24, 2.45) is 0 Å². The molecule has 2 nitrogen and oxygen atoms in total. The number of nitrogens with one attached hydrogen (secondary N) is 2. The van der Waals surface area contributed by atoms with Crippen LogP contribution in [0.15, 0.2) is 28.7 Å². The summed E-state index contributed by atoms with van der Waals surface area (Å²) in [6.07, 6.45) is 1.07. The van der Waals surface area contributed by atoms with Gasteiger partial charge in [-0.2, -0.15) is 0 Å². The molecule has 2 N–H and O–H groups in total. The van der Waals surface area contributed by atoms with E-state index >= 15 is 0 Å². The van der Waals surface area contributed by atoms with Crippen molar-refractivity contribution in [3.05, 3.63) is 34.3 Å². The van der Waals surface area contributed by atoms with Crippen molar-refractivity contribution >= 4 is 15.9 Å². The third-order valence-corrected chi connectivity index (χ3v) is 3.08. The molecule has 0 bridgehead atoms. The SMILES string of the molecule is CNCC(C)(C)NCCc1ccc(Br)cc1. The summed E-state index contributed by atoms with van der Waals surface area (Å²) >= 11 is 3.44. The van der Waals surface area contributed by atoms with Crippen molar-refractivity contribution in [2.45, 2.75) is 25.8 Å². The second-order valence-electron chi connectivity index (χ2n) is 4.72. The van der Waals surface area contributed by atoms with E-state index in [4.69, 9.17) is 0 Å². The first kappa shape index (κ1) is 13.7. The molecule has 1 aromatic carbocycles. The molecule has 0 aliphatic carbocycles. The minimum Gasteiger partial charge on any atom is -0.318 e. The number of hydrogen-bond donors (Lipinski definition) is 2. The molecule has 0 fully saturated rings. The van der Waals surface area contributed by atoms with Gasteiger partial charge in [0, 0.05) is 16.6 Å². The van der Waals surface area contributed by atoms with Crippen LogP contribution in [-0.2, 0) is 6.42 Å². The third kappa shape index (κ3) is 5.10. The van der Waals surface area contributed by atoms with Gasteiger partial charge in [0.2, 0.25) is 0 Å². The van der Waals surface area contributed by atoms with Crippen molar-refractivity contribution in [3.8, 4) is 0 Å². The Morgan fingerprint density at radius 2 is 1.81 bits per heavy atom. The maximum atomic E-state index is 3.55. The Labute approximate surface area is 107 Å². The van der Waals surface area contributed by atoms with Crippen LogP contribution in [0.5, 0.6) is 0 Å². The molecular formula is C13H21BrN2. The molecule has 0 amide bonds. The molecule has 0 unspecified atom stereocenters. The van der Waals surface area contributed by atoms with Crippen molar-refractivity contribution in [1.29, 1.82) is 0 Å². The van der Waals surface area contributed by atoms with Crippen molar-refractivity contribution in [2.75, 3.05) is 20.1 Å². The number of likely N-dealkylation sites (N-methyl/N-ethyl adjacent to an activating group) is 1. The fourth-order valence-corrected chi connectivity index (χ4v) is 1.97. The number of benzene rings is 1. The zero-order chi connectivity index (χ0) is 12.0. The fraction of sp³-hybridized carbons (Fsp3) is 0.538. The van der Waals surface area contributed by atoms with Crippen LogP contribution in [0.2, 0.25) is 0 Å². The van der Waals surface area contributed by atoms with E-state index in [-0.39, 0.29) is 5.54 Å². The van der Waals surface area contributed by atoms with Crippen molar-refractivity contribution in [1.82, 2.24) is 10.6 Å². The Morgan fingerprint density at radius 1 is 1.19 bits per heavy atom. The quantitative estimate of drug-likeness (QED) is 0.839. The zero-order valence-corrected chi connectivity index (χ0v) is 11.9. The van der Waals surface area contributed by atoms with Crippen LogP contribution in [0.1, 0.15) is 19.4 Å². The Hall–Kier alpha value is -0.380. The molecule has 0 radical (unpaired) electrons. The van der Waals surface area contributed by atoms with E-state index in [1.165, 1.54) is 5.56 Å². The van der Waals surface area contributed by atoms with E-state index in [0.717, 1.165) is 24.0 Å². The van der Waals surface area contributed by atoms with Gasteiger partial charge in [0.05, 0.1) is 0 Å². The summed E-state index contributed by atoms with van der Waals surface area (Å²) in [5.41, 5.74) is 1.53. The Balaban J connectivity index is 2.32. The molecule has 0 aromatic heterocycles. The van der Waals surface area contributed by atoms with E-state index < -0.39 is 0 Å². The van der Waals surface area contributed by atoms with Gasteiger partial charge in [0.1, 0.15) is 0 Å². The molecule has 0 spiro atoms. The molecular weight excluding hydrogens is 264 g/mol. The van der Waals surface area contributed by atoms with Gasteiger partial charge in [-0.25, -0.2) is 0 Å². The van der Waals surface area contributed by atoms with Crippen LogP contribution < -0.4 is 10.6 Å². The summed E-state index contributed by atoms with van der Waals surface area (Å²) < 4.78 is 1.14. The monoisotopic (exact) mass is 284 g/mol. The minimum absolute atomic E-state index is 0.157. The maximum Gasteiger partial charge on any atom is 0.0249 e. The lowest BCUT2D eigenvalue weighted by atomic mass is 10.1. The second-order valence-corrected chi connectivity index (χ2v) is 5.63. The second kappa shape index (κ2) is 6.38. The van der Waals surface area contributed by atoms with Gasteiger partial charge >= 0.3 is 0 Å². The van der Waals surface area contributed by atoms with E-state index in [0.29, 0.717) is 0 Å². The van der Waals surface area contributed by atoms with Gasteiger partial charge in [-0.15, -0.1) is 0 Å². The Bertz CT molecular complexity index is 306. The summed E-state index contributed by atoms with van der Waals surface area (Å²) in [4.78, 5) is 0. The predicted molar refractivity (Wildman–Crippen MR) is 73.9 cm³/mol. The van der Waals surface area contributed by atoms with Gasteiger partial charge in [0.25, 0.3) is 0 Å². The lowest BCUT2D eigenvalue weighted by molar-refractivity contribution is 0.379. The number of hydrogen-bond acceptors (Lipinski definition) is 2. The van der Waals surface area contributed by atoms with Crippen molar-refractivity contribution in [3.63, 3.8) is 0 Å². The van der Waals surface area contributed by atoms with E-state index in [2.05, 4.69) is 64.7 Å². The van der Waals surface area contributed by atoms with Crippen LogP contribution in [0.25, 0.3) is 0 Å². The standard InChI is InChI=1S/C13H21BrN2/c1-13(2,10-15-3)16-9-8-11-4-6-12(14)7-5-11/h4-7,15-16H,8-10H2,1-3H3. The third-order valence-electron chi connectivity index (χ3n) is 2.55. The molecule has 3 heteroatoms. The van der Waals surface area contributed by atoms with E-state index in [1.807, 2.05) is 7.05 Å². The van der Waals surface area contributed by atoms with Gasteiger partial charge in [0.15, 0.2) is 0 Å². The van der Waals surface area contributed by atoms with Crippen LogP contribution >= 0.6 is 15.9 Å².